The number of aryl methyl sites for hydroxylation is 1. The normalized spacial score (nSPS) is 15.4. The van der Waals surface area contributed by atoms with E-state index in [0.717, 1.165) is 29.5 Å². The quantitative estimate of drug-likeness (QED) is 0.725. The number of halogens is 1. The van der Waals surface area contributed by atoms with E-state index in [1.54, 1.807) is 10.9 Å². The first-order chi connectivity index (χ1) is 8.36. The van der Waals surface area contributed by atoms with Crippen LogP contribution in [0.5, 0.6) is 0 Å². The minimum atomic E-state index is 0.737. The lowest BCUT2D eigenvalue weighted by Gasteiger charge is -2.02. The highest BCUT2D eigenvalue weighted by molar-refractivity contribution is 6.30. The largest absolute Gasteiger partial charge is 0.237 e. The minimum Gasteiger partial charge on any atom is -0.237 e. The number of rotatable bonds is 1. The van der Waals surface area contributed by atoms with Gasteiger partial charge >= 0.3 is 0 Å². The highest BCUT2D eigenvalue weighted by Crippen LogP contribution is 2.28. The Morgan fingerprint density at radius 3 is 2.82 bits per heavy atom. The molecule has 4 heteroatoms. The van der Waals surface area contributed by atoms with Crippen LogP contribution < -0.4 is 0 Å². The molecule has 0 fully saturated rings. The van der Waals surface area contributed by atoms with E-state index in [1.165, 1.54) is 24.8 Å². The summed E-state index contributed by atoms with van der Waals surface area (Å²) in [5.41, 5.74) is 2.37. The first kappa shape index (κ1) is 10.8. The van der Waals surface area contributed by atoms with Crippen LogP contribution in [0.15, 0.2) is 24.4 Å². The van der Waals surface area contributed by atoms with E-state index < -0.39 is 0 Å². The third-order valence-electron chi connectivity index (χ3n) is 3.21. The van der Waals surface area contributed by atoms with E-state index in [4.69, 9.17) is 11.6 Å². The van der Waals surface area contributed by atoms with Crippen molar-refractivity contribution in [3.05, 3.63) is 40.8 Å². The summed E-state index contributed by atoms with van der Waals surface area (Å²) in [7, 11) is 0. The molecule has 0 saturated heterocycles. The topological polar surface area (TPSA) is 30.7 Å². The summed E-state index contributed by atoms with van der Waals surface area (Å²) in [4.78, 5) is 4.29. The van der Waals surface area contributed by atoms with Crippen molar-refractivity contribution in [1.82, 2.24) is 14.8 Å². The summed E-state index contributed by atoms with van der Waals surface area (Å²) in [6.07, 6.45) is 7.54. The average molecular weight is 248 g/mol. The van der Waals surface area contributed by atoms with E-state index in [1.807, 2.05) is 18.2 Å². The van der Waals surface area contributed by atoms with Crippen molar-refractivity contribution in [2.45, 2.75) is 32.1 Å². The Kier molecular flexibility index (Phi) is 2.85. The maximum atomic E-state index is 6.41. The molecule has 3 nitrogen and oxygen atoms in total. The molecule has 0 aliphatic heterocycles. The molecule has 88 valence electrons. The van der Waals surface area contributed by atoms with Gasteiger partial charge in [-0.3, -0.25) is 0 Å². The summed E-state index contributed by atoms with van der Waals surface area (Å²) in [5, 5.41) is 5.34. The second-order valence-electron chi connectivity index (χ2n) is 4.38. The summed E-state index contributed by atoms with van der Waals surface area (Å²) in [6, 6.07) is 5.77. The van der Waals surface area contributed by atoms with Crippen molar-refractivity contribution < 1.29 is 0 Å². The fraction of sp³-hybridized carbons (Fsp3) is 0.385. The Hall–Kier alpha value is -1.35. The lowest BCUT2D eigenvalue weighted by molar-refractivity contribution is 0.692. The fourth-order valence-electron chi connectivity index (χ4n) is 2.32. The van der Waals surface area contributed by atoms with E-state index in [9.17, 15) is 0 Å². The van der Waals surface area contributed by atoms with Crippen LogP contribution in [-0.2, 0) is 12.8 Å². The maximum absolute atomic E-state index is 6.41. The molecule has 0 bridgehead atoms. The van der Waals surface area contributed by atoms with Crippen LogP contribution in [0.25, 0.3) is 5.82 Å². The molecule has 2 aromatic rings. The molecule has 0 amide bonds. The number of aromatic nitrogens is 3. The molecular weight excluding hydrogens is 234 g/mol. The third kappa shape index (κ3) is 1.95. The Balaban J connectivity index is 2.08. The second kappa shape index (κ2) is 4.49. The van der Waals surface area contributed by atoms with Gasteiger partial charge in [-0.05, 0) is 37.8 Å². The van der Waals surface area contributed by atoms with Gasteiger partial charge in [0.05, 0.1) is 5.69 Å². The van der Waals surface area contributed by atoms with Crippen molar-refractivity contribution in [3.8, 4) is 5.82 Å². The lowest BCUT2D eigenvalue weighted by atomic mass is 10.1. The van der Waals surface area contributed by atoms with Crippen LogP contribution in [0.3, 0.4) is 0 Å². The first-order valence-corrected chi connectivity index (χ1v) is 6.42. The van der Waals surface area contributed by atoms with Crippen molar-refractivity contribution in [2.75, 3.05) is 0 Å². The third-order valence-corrected chi connectivity index (χ3v) is 3.60. The Morgan fingerprint density at radius 1 is 1.12 bits per heavy atom. The van der Waals surface area contributed by atoms with Crippen molar-refractivity contribution >= 4 is 11.6 Å². The van der Waals surface area contributed by atoms with Gasteiger partial charge in [-0.1, -0.05) is 24.1 Å². The lowest BCUT2D eigenvalue weighted by Crippen LogP contribution is -2.00. The van der Waals surface area contributed by atoms with Crippen LogP contribution in [0.2, 0.25) is 5.15 Å². The SMILES string of the molecule is Clc1c2c(nn1-c1ccccn1)CCCCC2. The number of hydrogen-bond acceptors (Lipinski definition) is 2. The average Bonchev–Trinajstić information content (AvgIpc) is 2.56. The zero-order chi connectivity index (χ0) is 11.7. The molecule has 0 unspecified atom stereocenters. The highest BCUT2D eigenvalue weighted by Gasteiger charge is 2.19. The predicted molar refractivity (Wildman–Crippen MR) is 67.6 cm³/mol. The van der Waals surface area contributed by atoms with Gasteiger partial charge in [0.2, 0.25) is 0 Å². The van der Waals surface area contributed by atoms with Crippen LogP contribution in [0.1, 0.15) is 30.5 Å². The Bertz CT molecular complexity index is 519. The summed E-state index contributed by atoms with van der Waals surface area (Å²) in [6.45, 7) is 0. The van der Waals surface area contributed by atoms with Crippen molar-refractivity contribution in [1.29, 1.82) is 0 Å². The molecule has 3 rings (SSSR count). The predicted octanol–water partition coefficient (Wildman–Crippen LogP) is 3.19. The van der Waals surface area contributed by atoms with Gasteiger partial charge in [-0.25, -0.2) is 9.67 Å². The van der Waals surface area contributed by atoms with Gasteiger partial charge in [-0.2, -0.15) is 5.10 Å². The minimum absolute atomic E-state index is 0.737. The molecule has 2 heterocycles. The van der Waals surface area contributed by atoms with Crippen LogP contribution in [0, 0.1) is 0 Å². The number of nitrogens with zero attached hydrogens (tertiary/aromatic N) is 3. The van der Waals surface area contributed by atoms with Crippen LogP contribution in [-0.4, -0.2) is 14.8 Å². The smallest absolute Gasteiger partial charge is 0.155 e. The van der Waals surface area contributed by atoms with Gasteiger partial charge in [0, 0.05) is 11.8 Å². The molecule has 2 aromatic heterocycles. The molecule has 0 spiro atoms. The molecule has 1 aliphatic rings. The summed E-state index contributed by atoms with van der Waals surface area (Å²) in [5.74, 6) is 0.797. The second-order valence-corrected chi connectivity index (χ2v) is 4.73. The highest BCUT2D eigenvalue weighted by atomic mass is 35.5. The summed E-state index contributed by atoms with van der Waals surface area (Å²) >= 11 is 6.41. The molecular formula is C13H14ClN3. The van der Waals surface area contributed by atoms with Gasteiger partial charge in [0.15, 0.2) is 5.82 Å². The van der Waals surface area contributed by atoms with E-state index in [0.29, 0.717) is 0 Å². The maximum Gasteiger partial charge on any atom is 0.155 e. The van der Waals surface area contributed by atoms with Gasteiger partial charge in [0.25, 0.3) is 0 Å². The van der Waals surface area contributed by atoms with E-state index in [2.05, 4.69) is 10.1 Å². The Labute approximate surface area is 105 Å². The first-order valence-electron chi connectivity index (χ1n) is 6.04. The molecule has 17 heavy (non-hydrogen) atoms. The van der Waals surface area contributed by atoms with Crippen LogP contribution in [0.4, 0.5) is 0 Å². The fourth-order valence-corrected chi connectivity index (χ4v) is 2.65. The monoisotopic (exact) mass is 247 g/mol. The molecule has 0 saturated carbocycles. The number of pyridine rings is 1. The number of hydrogen-bond donors (Lipinski definition) is 0. The van der Waals surface area contributed by atoms with Gasteiger partial charge in [-0.15, -0.1) is 0 Å². The summed E-state index contributed by atoms with van der Waals surface area (Å²) < 4.78 is 1.76. The van der Waals surface area contributed by atoms with Crippen molar-refractivity contribution in [2.24, 2.45) is 0 Å². The zero-order valence-electron chi connectivity index (χ0n) is 9.56. The zero-order valence-corrected chi connectivity index (χ0v) is 10.3. The van der Waals surface area contributed by atoms with Crippen LogP contribution >= 0.6 is 11.6 Å². The standard InChI is InChI=1S/C13H14ClN3/c14-13-10-6-2-1-3-7-11(10)16-17(13)12-8-4-5-9-15-12/h4-5,8-9H,1-3,6-7H2. The molecule has 1 aliphatic carbocycles. The molecule has 0 aromatic carbocycles. The van der Waals surface area contributed by atoms with Crippen molar-refractivity contribution in [3.63, 3.8) is 0 Å². The van der Waals surface area contributed by atoms with E-state index >= 15 is 0 Å². The van der Waals surface area contributed by atoms with E-state index in [-0.39, 0.29) is 0 Å². The van der Waals surface area contributed by atoms with Gasteiger partial charge in [0.1, 0.15) is 5.15 Å². The Morgan fingerprint density at radius 2 is 2.00 bits per heavy atom. The molecule has 0 radical (unpaired) electrons. The molecule has 0 atom stereocenters. The van der Waals surface area contributed by atoms with Gasteiger partial charge < -0.3 is 0 Å². The number of fused-ring (bicyclic) bond motifs is 1. The molecule has 0 N–H and O–H groups in total.